The number of benzene rings is 2. The summed E-state index contributed by atoms with van der Waals surface area (Å²) in [7, 11) is 0. The van der Waals surface area contributed by atoms with Crippen LogP contribution in [0.15, 0.2) is 83.9 Å². The van der Waals surface area contributed by atoms with Crippen molar-refractivity contribution in [2.45, 2.75) is 38.4 Å². The van der Waals surface area contributed by atoms with Crippen molar-refractivity contribution in [3.8, 4) is 0 Å². The van der Waals surface area contributed by atoms with Crippen LogP contribution in [0.5, 0.6) is 0 Å². The van der Waals surface area contributed by atoms with Gasteiger partial charge in [-0.1, -0.05) is 36.4 Å². The van der Waals surface area contributed by atoms with Crippen molar-refractivity contribution in [3.63, 3.8) is 0 Å². The number of rotatable bonds is 10. The molecule has 0 fully saturated rings. The number of aryl methyl sites for hydroxylation is 1. The molecule has 0 saturated carbocycles. The lowest BCUT2D eigenvalue weighted by atomic mass is 9.91. The molecule has 174 valence electrons. The first-order valence-corrected chi connectivity index (χ1v) is 11.6. The molecule has 7 nitrogen and oxygen atoms in total. The van der Waals surface area contributed by atoms with Gasteiger partial charge in [-0.25, -0.2) is 4.98 Å². The van der Waals surface area contributed by atoms with Gasteiger partial charge in [0.2, 0.25) is 5.91 Å². The van der Waals surface area contributed by atoms with E-state index < -0.39 is 5.54 Å². The van der Waals surface area contributed by atoms with Crippen molar-refractivity contribution in [2.24, 2.45) is 0 Å². The third-order valence-corrected chi connectivity index (χ3v) is 6.29. The average molecular weight is 456 g/mol. The minimum absolute atomic E-state index is 0.0282. The quantitative estimate of drug-likeness (QED) is 0.272. The van der Waals surface area contributed by atoms with Crippen LogP contribution in [0.2, 0.25) is 0 Å². The topological polar surface area (TPSA) is 87.9 Å². The second kappa shape index (κ2) is 9.57. The van der Waals surface area contributed by atoms with Crippen molar-refractivity contribution >= 4 is 27.8 Å². The van der Waals surface area contributed by atoms with Crippen LogP contribution in [-0.2, 0) is 24.3 Å². The number of imidazole rings is 1. The molecule has 0 aliphatic rings. The van der Waals surface area contributed by atoms with E-state index in [2.05, 4.69) is 26.7 Å². The first kappa shape index (κ1) is 22.0. The summed E-state index contributed by atoms with van der Waals surface area (Å²) in [6.07, 6.45) is 8.85. The van der Waals surface area contributed by atoms with E-state index in [-0.39, 0.29) is 5.91 Å². The van der Waals surface area contributed by atoms with Gasteiger partial charge in [-0.2, -0.15) is 0 Å². The lowest BCUT2D eigenvalue weighted by molar-refractivity contribution is -0.127. The van der Waals surface area contributed by atoms with Crippen LogP contribution in [0.3, 0.4) is 0 Å². The molecule has 7 heteroatoms. The highest BCUT2D eigenvalue weighted by atomic mass is 16.3. The molecule has 34 heavy (non-hydrogen) atoms. The molecule has 0 saturated heterocycles. The van der Waals surface area contributed by atoms with E-state index in [0.29, 0.717) is 19.5 Å². The Kier molecular flexibility index (Phi) is 6.18. The van der Waals surface area contributed by atoms with Crippen LogP contribution in [0.1, 0.15) is 24.7 Å². The summed E-state index contributed by atoms with van der Waals surface area (Å²) in [5.74, 6) is 0.777. The minimum atomic E-state index is -0.820. The fourth-order valence-corrected chi connectivity index (χ4v) is 4.37. The second-order valence-electron chi connectivity index (χ2n) is 8.88. The zero-order valence-electron chi connectivity index (χ0n) is 19.3. The standard InChI is InChI=1S/C27H29N5O2/c1-27(16-21-17-30-24-9-4-3-8-23(21)24,26(33)29-11-6-13-32-14-12-28-19-32)31-18-22-15-20-7-2-5-10-25(20)34-22/h2-5,7-10,12,14-15,17,19,30-31H,6,11,13,16,18H2,1H3,(H,29,33). The lowest BCUT2D eigenvalue weighted by Gasteiger charge is -2.29. The molecule has 2 aromatic carbocycles. The fourth-order valence-electron chi connectivity index (χ4n) is 4.37. The molecular weight excluding hydrogens is 426 g/mol. The number of hydrogen-bond acceptors (Lipinski definition) is 4. The monoisotopic (exact) mass is 455 g/mol. The summed E-state index contributed by atoms with van der Waals surface area (Å²) in [4.78, 5) is 20.8. The van der Waals surface area contributed by atoms with Gasteiger partial charge in [-0.15, -0.1) is 0 Å². The third-order valence-electron chi connectivity index (χ3n) is 6.29. The predicted octanol–water partition coefficient (Wildman–Crippen LogP) is 4.41. The number of nitrogens with zero attached hydrogens (tertiary/aromatic N) is 2. The van der Waals surface area contributed by atoms with Gasteiger partial charge in [0.05, 0.1) is 18.4 Å². The number of carbonyl (C=O) groups excluding carboxylic acids is 1. The van der Waals surface area contributed by atoms with E-state index >= 15 is 0 Å². The van der Waals surface area contributed by atoms with E-state index in [4.69, 9.17) is 4.42 Å². The van der Waals surface area contributed by atoms with Gasteiger partial charge < -0.3 is 19.3 Å². The van der Waals surface area contributed by atoms with Gasteiger partial charge in [-0.3, -0.25) is 10.1 Å². The number of aromatic nitrogens is 3. The first-order valence-electron chi connectivity index (χ1n) is 11.6. The fraction of sp³-hybridized carbons (Fsp3) is 0.259. The Morgan fingerprint density at radius 2 is 2.03 bits per heavy atom. The molecule has 5 rings (SSSR count). The van der Waals surface area contributed by atoms with Gasteiger partial charge in [0.25, 0.3) is 0 Å². The summed E-state index contributed by atoms with van der Waals surface area (Å²) in [5.41, 5.74) is 2.20. The Balaban J connectivity index is 1.31. The Labute approximate surface area is 198 Å². The number of H-pyrrole nitrogens is 1. The average Bonchev–Trinajstić information content (AvgIpc) is 3.60. The number of carbonyl (C=O) groups is 1. The summed E-state index contributed by atoms with van der Waals surface area (Å²) in [6, 6.07) is 18.1. The maximum atomic E-state index is 13.4. The van der Waals surface area contributed by atoms with Crippen LogP contribution in [-0.4, -0.2) is 32.5 Å². The number of hydrogen-bond donors (Lipinski definition) is 3. The highest BCUT2D eigenvalue weighted by Gasteiger charge is 2.34. The molecule has 3 N–H and O–H groups in total. The number of amides is 1. The van der Waals surface area contributed by atoms with E-state index in [1.165, 1.54) is 0 Å². The molecule has 1 atom stereocenters. The highest BCUT2D eigenvalue weighted by Crippen LogP contribution is 2.24. The summed E-state index contributed by atoms with van der Waals surface area (Å²) < 4.78 is 7.99. The molecule has 0 spiro atoms. The number of fused-ring (bicyclic) bond motifs is 2. The number of aromatic amines is 1. The van der Waals surface area contributed by atoms with Crippen LogP contribution in [0.25, 0.3) is 21.9 Å². The van der Waals surface area contributed by atoms with E-state index in [9.17, 15) is 4.79 Å². The second-order valence-corrected chi connectivity index (χ2v) is 8.88. The Morgan fingerprint density at radius 1 is 1.18 bits per heavy atom. The van der Waals surface area contributed by atoms with Gasteiger partial charge in [0.15, 0.2) is 0 Å². The third kappa shape index (κ3) is 4.75. The molecule has 0 aliphatic heterocycles. The predicted molar refractivity (Wildman–Crippen MR) is 133 cm³/mol. The normalized spacial score (nSPS) is 13.3. The molecule has 1 amide bonds. The van der Waals surface area contributed by atoms with Crippen LogP contribution in [0, 0.1) is 0 Å². The van der Waals surface area contributed by atoms with Crippen molar-refractivity contribution in [1.82, 2.24) is 25.2 Å². The van der Waals surface area contributed by atoms with E-state index in [1.807, 2.05) is 72.4 Å². The van der Waals surface area contributed by atoms with Gasteiger partial charge in [-0.05, 0) is 37.1 Å². The first-order chi connectivity index (χ1) is 16.6. The van der Waals surface area contributed by atoms with Gasteiger partial charge in [0, 0.05) is 54.4 Å². The van der Waals surface area contributed by atoms with E-state index in [0.717, 1.165) is 46.2 Å². The summed E-state index contributed by atoms with van der Waals surface area (Å²) >= 11 is 0. The molecular formula is C27H29N5O2. The van der Waals surface area contributed by atoms with Crippen molar-refractivity contribution < 1.29 is 9.21 Å². The maximum absolute atomic E-state index is 13.4. The minimum Gasteiger partial charge on any atom is -0.460 e. The zero-order chi connectivity index (χ0) is 23.4. The van der Waals surface area contributed by atoms with E-state index in [1.54, 1.807) is 12.5 Å². The highest BCUT2D eigenvalue weighted by molar-refractivity contribution is 5.88. The van der Waals surface area contributed by atoms with Crippen molar-refractivity contribution in [2.75, 3.05) is 6.54 Å². The van der Waals surface area contributed by atoms with Gasteiger partial charge >= 0.3 is 0 Å². The van der Waals surface area contributed by atoms with Gasteiger partial charge in [0.1, 0.15) is 11.3 Å². The number of nitrogens with one attached hydrogen (secondary N) is 3. The van der Waals surface area contributed by atoms with Crippen molar-refractivity contribution in [1.29, 1.82) is 0 Å². The smallest absolute Gasteiger partial charge is 0.240 e. The molecule has 0 radical (unpaired) electrons. The van der Waals surface area contributed by atoms with Crippen molar-refractivity contribution in [3.05, 3.63) is 90.8 Å². The number of para-hydroxylation sites is 2. The zero-order valence-corrected chi connectivity index (χ0v) is 19.3. The van der Waals surface area contributed by atoms with Crippen LogP contribution < -0.4 is 10.6 Å². The van der Waals surface area contributed by atoms with Crippen LogP contribution >= 0.6 is 0 Å². The molecule has 1 unspecified atom stereocenters. The Bertz CT molecular complexity index is 1350. The molecule has 0 aliphatic carbocycles. The lowest BCUT2D eigenvalue weighted by Crippen LogP contribution is -2.56. The molecule has 3 heterocycles. The molecule has 0 bridgehead atoms. The summed E-state index contributed by atoms with van der Waals surface area (Å²) in [5, 5.41) is 8.82. The van der Waals surface area contributed by atoms with Crippen LogP contribution in [0.4, 0.5) is 0 Å². The summed E-state index contributed by atoms with van der Waals surface area (Å²) in [6.45, 7) is 3.82. The largest absolute Gasteiger partial charge is 0.460 e. The SMILES string of the molecule is CC(Cc1c[nH]c2ccccc12)(NCc1cc2ccccc2o1)C(=O)NCCCn1ccnc1. The number of furan rings is 1. The Hall–Kier alpha value is -3.84. The molecule has 5 aromatic rings. The Morgan fingerprint density at radius 3 is 2.88 bits per heavy atom. The maximum Gasteiger partial charge on any atom is 0.240 e. The molecule has 3 aromatic heterocycles.